The molecule has 0 fully saturated rings. The van der Waals surface area contributed by atoms with Crippen molar-refractivity contribution >= 4 is 15.9 Å². The van der Waals surface area contributed by atoms with Gasteiger partial charge in [-0.05, 0) is 48.3 Å². The number of nitrogens with zero attached hydrogens (tertiary/aromatic N) is 3. The average molecular weight is 324 g/mol. The highest BCUT2D eigenvalue weighted by Crippen LogP contribution is 2.11. The van der Waals surface area contributed by atoms with Crippen LogP contribution in [-0.2, 0) is 6.54 Å². The van der Waals surface area contributed by atoms with E-state index < -0.39 is 0 Å². The van der Waals surface area contributed by atoms with Crippen molar-refractivity contribution in [3.05, 3.63) is 50.6 Å². The lowest BCUT2D eigenvalue weighted by atomic mass is 10.3. The maximum Gasteiger partial charge on any atom is 0.253 e. The maximum absolute atomic E-state index is 12.0. The summed E-state index contributed by atoms with van der Waals surface area (Å²) < 4.78 is 4.54. The molecule has 0 N–H and O–H groups in total. The Labute approximate surface area is 121 Å². The van der Waals surface area contributed by atoms with Gasteiger partial charge in [0.05, 0.1) is 12.2 Å². The van der Waals surface area contributed by atoms with Crippen LogP contribution in [0.25, 0.3) is 0 Å². The fourth-order valence-electron chi connectivity index (χ4n) is 1.93. The second-order valence-corrected chi connectivity index (χ2v) is 5.73. The number of rotatable bonds is 4. The summed E-state index contributed by atoms with van der Waals surface area (Å²) in [5.74, 6) is 0. The molecular formula is C14H18BrN3O. The van der Waals surface area contributed by atoms with E-state index in [1.165, 1.54) is 0 Å². The van der Waals surface area contributed by atoms with Crippen molar-refractivity contribution in [3.63, 3.8) is 0 Å². The van der Waals surface area contributed by atoms with E-state index in [1.807, 2.05) is 29.9 Å². The molecule has 0 radical (unpaired) electrons. The lowest BCUT2D eigenvalue weighted by Crippen LogP contribution is -2.22. The lowest BCUT2D eigenvalue weighted by Gasteiger charge is -2.09. The van der Waals surface area contributed by atoms with E-state index in [4.69, 9.17) is 0 Å². The van der Waals surface area contributed by atoms with Gasteiger partial charge in [0.2, 0.25) is 0 Å². The van der Waals surface area contributed by atoms with E-state index in [0.717, 1.165) is 22.2 Å². The molecule has 2 rings (SSSR count). The molecule has 19 heavy (non-hydrogen) atoms. The summed E-state index contributed by atoms with van der Waals surface area (Å²) in [5.41, 5.74) is 1.66. The zero-order valence-electron chi connectivity index (χ0n) is 11.4. The Bertz CT molecular complexity index is 630. The summed E-state index contributed by atoms with van der Waals surface area (Å²) in [5, 5.41) is 4.52. The smallest absolute Gasteiger partial charge is 0.253 e. The fourth-order valence-corrected chi connectivity index (χ4v) is 2.52. The Hall–Kier alpha value is -1.36. The highest BCUT2D eigenvalue weighted by Gasteiger charge is 2.07. The molecule has 4 nitrogen and oxygen atoms in total. The van der Waals surface area contributed by atoms with E-state index in [0.29, 0.717) is 12.6 Å². The third-order valence-corrected chi connectivity index (χ3v) is 3.70. The topological polar surface area (TPSA) is 39.8 Å². The maximum atomic E-state index is 12.0. The van der Waals surface area contributed by atoms with Crippen molar-refractivity contribution in [2.75, 3.05) is 0 Å². The van der Waals surface area contributed by atoms with E-state index >= 15 is 0 Å². The number of hydrogen-bond acceptors (Lipinski definition) is 2. The summed E-state index contributed by atoms with van der Waals surface area (Å²) in [6, 6.07) is 4.18. The summed E-state index contributed by atoms with van der Waals surface area (Å²) >= 11 is 3.41. The van der Waals surface area contributed by atoms with Crippen LogP contribution in [0.1, 0.15) is 37.6 Å². The van der Waals surface area contributed by atoms with Gasteiger partial charge in [0.1, 0.15) is 0 Å². The van der Waals surface area contributed by atoms with Gasteiger partial charge in [-0.3, -0.25) is 9.48 Å². The van der Waals surface area contributed by atoms with Crippen molar-refractivity contribution in [2.24, 2.45) is 0 Å². The van der Waals surface area contributed by atoms with Gasteiger partial charge >= 0.3 is 0 Å². The van der Waals surface area contributed by atoms with Crippen LogP contribution in [0.5, 0.6) is 0 Å². The summed E-state index contributed by atoms with van der Waals surface area (Å²) in [7, 11) is 0. The molecule has 0 saturated heterocycles. The molecular weight excluding hydrogens is 306 g/mol. The molecule has 102 valence electrons. The molecule has 0 aliphatic rings. The molecule has 5 heteroatoms. The molecule has 0 amide bonds. The van der Waals surface area contributed by atoms with Gasteiger partial charge in [-0.25, -0.2) is 0 Å². The van der Waals surface area contributed by atoms with E-state index in [-0.39, 0.29) is 5.56 Å². The quantitative estimate of drug-likeness (QED) is 0.867. The largest absolute Gasteiger partial charge is 0.308 e. The predicted molar refractivity (Wildman–Crippen MR) is 79.5 cm³/mol. The van der Waals surface area contributed by atoms with Crippen molar-refractivity contribution in [1.82, 2.24) is 14.3 Å². The van der Waals surface area contributed by atoms with E-state index in [1.54, 1.807) is 10.8 Å². The minimum atomic E-state index is 0.0290. The molecule has 1 unspecified atom stereocenters. The van der Waals surface area contributed by atoms with E-state index in [9.17, 15) is 4.79 Å². The molecule has 0 aliphatic carbocycles. The second-order valence-electron chi connectivity index (χ2n) is 4.82. The molecule has 2 heterocycles. The highest BCUT2D eigenvalue weighted by molar-refractivity contribution is 9.10. The Morgan fingerprint density at radius 1 is 1.47 bits per heavy atom. The van der Waals surface area contributed by atoms with Gasteiger partial charge in [0.15, 0.2) is 0 Å². The number of halogens is 1. The Kier molecular flexibility index (Phi) is 4.24. The molecule has 0 spiro atoms. The van der Waals surface area contributed by atoms with Crippen LogP contribution < -0.4 is 5.56 Å². The van der Waals surface area contributed by atoms with Crippen LogP contribution in [0.15, 0.2) is 33.8 Å². The number of aromatic nitrogens is 3. The predicted octanol–water partition coefficient (Wildman–Crippen LogP) is 3.14. The first-order chi connectivity index (χ1) is 9.01. The summed E-state index contributed by atoms with van der Waals surface area (Å²) in [6.07, 6.45) is 4.81. The molecule has 1 atom stereocenters. The van der Waals surface area contributed by atoms with Gasteiger partial charge in [-0.1, -0.05) is 6.92 Å². The first-order valence-electron chi connectivity index (χ1n) is 6.42. The third kappa shape index (κ3) is 3.15. The standard InChI is InChI=1S/C14H18BrN3O/c1-4-11(3)18-6-5-13(16-18)9-17-8-12(15)7-10(2)14(17)19/h5-8,11H,4,9H2,1-3H3. The third-order valence-electron chi connectivity index (χ3n) is 3.27. The molecule has 2 aromatic rings. The van der Waals surface area contributed by atoms with Gasteiger partial charge in [-0.15, -0.1) is 0 Å². The first kappa shape index (κ1) is 14.1. The molecule has 0 aromatic carbocycles. The second kappa shape index (κ2) is 5.74. The Morgan fingerprint density at radius 3 is 2.89 bits per heavy atom. The monoisotopic (exact) mass is 323 g/mol. The number of pyridine rings is 1. The van der Waals surface area contributed by atoms with Gasteiger partial charge < -0.3 is 4.57 Å². The molecule has 2 aromatic heterocycles. The van der Waals surface area contributed by atoms with Crippen molar-refractivity contribution < 1.29 is 0 Å². The zero-order valence-corrected chi connectivity index (χ0v) is 13.0. The van der Waals surface area contributed by atoms with Gasteiger partial charge in [0.25, 0.3) is 5.56 Å². The minimum Gasteiger partial charge on any atom is -0.308 e. The first-order valence-corrected chi connectivity index (χ1v) is 7.21. The van der Waals surface area contributed by atoms with Gasteiger partial charge in [-0.2, -0.15) is 5.10 Å². The van der Waals surface area contributed by atoms with Gasteiger partial charge in [0, 0.05) is 28.5 Å². The minimum absolute atomic E-state index is 0.0290. The fraction of sp³-hybridized carbons (Fsp3) is 0.429. The van der Waals surface area contributed by atoms with Crippen LogP contribution >= 0.6 is 15.9 Å². The highest BCUT2D eigenvalue weighted by atomic mass is 79.9. The molecule has 0 aliphatic heterocycles. The Morgan fingerprint density at radius 2 is 2.21 bits per heavy atom. The average Bonchev–Trinajstić information content (AvgIpc) is 2.83. The van der Waals surface area contributed by atoms with Crippen LogP contribution in [0.2, 0.25) is 0 Å². The Balaban J connectivity index is 2.27. The number of aryl methyl sites for hydroxylation is 1. The van der Waals surface area contributed by atoms with Crippen molar-refractivity contribution in [2.45, 2.75) is 39.8 Å². The molecule has 0 saturated carbocycles. The zero-order chi connectivity index (χ0) is 14.0. The van der Waals surface area contributed by atoms with E-state index in [2.05, 4.69) is 34.9 Å². The summed E-state index contributed by atoms with van der Waals surface area (Å²) in [4.78, 5) is 12.0. The van der Waals surface area contributed by atoms with Crippen LogP contribution in [0.3, 0.4) is 0 Å². The summed E-state index contributed by atoms with van der Waals surface area (Å²) in [6.45, 7) is 6.59. The van der Waals surface area contributed by atoms with Crippen molar-refractivity contribution in [1.29, 1.82) is 0 Å². The lowest BCUT2D eigenvalue weighted by molar-refractivity contribution is 0.472. The van der Waals surface area contributed by atoms with Crippen LogP contribution in [-0.4, -0.2) is 14.3 Å². The van der Waals surface area contributed by atoms with Crippen LogP contribution in [0.4, 0.5) is 0 Å². The molecule has 0 bridgehead atoms. The van der Waals surface area contributed by atoms with Crippen LogP contribution in [0, 0.1) is 6.92 Å². The SMILES string of the molecule is CCC(C)n1ccc(Cn2cc(Br)cc(C)c2=O)n1. The normalized spacial score (nSPS) is 12.6. The van der Waals surface area contributed by atoms with Crippen molar-refractivity contribution in [3.8, 4) is 0 Å². The number of hydrogen-bond donors (Lipinski definition) is 0.